The van der Waals surface area contributed by atoms with Gasteiger partial charge in [-0.3, -0.25) is 14.5 Å². The molecule has 0 aromatic heterocycles. The summed E-state index contributed by atoms with van der Waals surface area (Å²) in [5.74, 6) is -0.494. The number of nitrogens with zero attached hydrogens (tertiary/aromatic N) is 2. The van der Waals surface area contributed by atoms with Gasteiger partial charge in [-0.25, -0.2) is 5.43 Å². The van der Waals surface area contributed by atoms with Crippen LogP contribution in [0, 0.1) is 20.8 Å². The molecule has 140 valence electrons. The topological polar surface area (TPSA) is 61.8 Å². The average molecular weight is 371 g/mol. The molecule has 0 saturated heterocycles. The molecule has 1 aliphatic rings. The number of amides is 2. The molecular weight excluding hydrogens is 350 g/mol. The third-order valence-electron chi connectivity index (χ3n) is 5.44. The van der Waals surface area contributed by atoms with Crippen LogP contribution in [0.1, 0.15) is 32.6 Å². The number of anilines is 1. The van der Waals surface area contributed by atoms with Crippen LogP contribution in [0.2, 0.25) is 0 Å². The van der Waals surface area contributed by atoms with E-state index in [0.29, 0.717) is 5.56 Å². The highest BCUT2D eigenvalue weighted by atomic mass is 16.2. The second kappa shape index (κ2) is 6.93. The Morgan fingerprint density at radius 3 is 2.57 bits per heavy atom. The average Bonchev–Trinajstić information content (AvgIpc) is 2.96. The Balaban J connectivity index is 1.49. The molecule has 28 heavy (non-hydrogen) atoms. The van der Waals surface area contributed by atoms with Gasteiger partial charge in [0.05, 0.1) is 11.9 Å². The van der Waals surface area contributed by atoms with Gasteiger partial charge in [-0.1, -0.05) is 36.4 Å². The second-order valence-electron chi connectivity index (χ2n) is 7.09. The van der Waals surface area contributed by atoms with E-state index in [9.17, 15) is 9.59 Å². The molecule has 2 amide bonds. The third kappa shape index (κ3) is 2.95. The third-order valence-corrected chi connectivity index (χ3v) is 5.44. The van der Waals surface area contributed by atoms with Crippen LogP contribution in [0.5, 0.6) is 0 Å². The first-order valence-corrected chi connectivity index (χ1v) is 9.19. The molecule has 0 atom stereocenters. The van der Waals surface area contributed by atoms with Gasteiger partial charge < -0.3 is 0 Å². The lowest BCUT2D eigenvalue weighted by Crippen LogP contribution is -2.37. The van der Waals surface area contributed by atoms with Crippen LogP contribution in [-0.4, -0.2) is 24.6 Å². The highest BCUT2D eigenvalue weighted by Gasteiger charge is 2.30. The predicted octanol–water partition coefficient (Wildman–Crippen LogP) is 3.88. The van der Waals surface area contributed by atoms with E-state index in [1.165, 1.54) is 16.0 Å². The maximum absolute atomic E-state index is 12.7. The highest BCUT2D eigenvalue weighted by Crippen LogP contribution is 2.36. The number of aryl methyl sites for hydroxylation is 1. The first-order chi connectivity index (χ1) is 13.5. The van der Waals surface area contributed by atoms with E-state index in [-0.39, 0.29) is 18.4 Å². The van der Waals surface area contributed by atoms with E-state index in [0.717, 1.165) is 27.6 Å². The Bertz CT molecular complexity index is 1140. The van der Waals surface area contributed by atoms with Gasteiger partial charge in [-0.2, -0.15) is 5.10 Å². The van der Waals surface area contributed by atoms with Gasteiger partial charge in [0, 0.05) is 10.9 Å². The summed E-state index contributed by atoms with van der Waals surface area (Å²) < 4.78 is 0. The Morgan fingerprint density at radius 1 is 1.04 bits per heavy atom. The van der Waals surface area contributed by atoms with Crippen LogP contribution in [0.3, 0.4) is 0 Å². The largest absolute Gasteiger partial charge is 0.298 e. The number of hydrogen-bond acceptors (Lipinski definition) is 3. The molecule has 0 unspecified atom stereocenters. The van der Waals surface area contributed by atoms with Crippen molar-refractivity contribution < 1.29 is 9.59 Å². The van der Waals surface area contributed by atoms with Gasteiger partial charge >= 0.3 is 0 Å². The molecule has 0 spiro atoms. The standard InChI is InChI=1S/C23H21N3O2/c1-14-10-11-18(16(3)15(14)2)12-24-25-21(27)13-26-20-9-5-7-17-6-4-8-19(22(17)20)23(26)28/h4-12H,13H2,1-3H3,(H,25,27)/b24-12+. The van der Waals surface area contributed by atoms with Crippen LogP contribution in [0.15, 0.2) is 53.6 Å². The van der Waals surface area contributed by atoms with Crippen LogP contribution in [0.25, 0.3) is 10.8 Å². The lowest BCUT2D eigenvalue weighted by atomic mass is 10.00. The summed E-state index contributed by atoms with van der Waals surface area (Å²) in [4.78, 5) is 26.6. The minimum Gasteiger partial charge on any atom is -0.298 e. The molecule has 5 heteroatoms. The molecule has 1 N–H and O–H groups in total. The van der Waals surface area contributed by atoms with E-state index >= 15 is 0 Å². The van der Waals surface area contributed by atoms with Crippen molar-refractivity contribution in [3.63, 3.8) is 0 Å². The van der Waals surface area contributed by atoms with Crippen molar-refractivity contribution in [2.24, 2.45) is 5.10 Å². The molecule has 0 bridgehead atoms. The van der Waals surface area contributed by atoms with Crippen molar-refractivity contribution in [1.82, 2.24) is 5.43 Å². The number of carbonyl (C=O) groups is 2. The highest BCUT2D eigenvalue weighted by molar-refractivity contribution is 6.26. The summed E-state index contributed by atoms with van der Waals surface area (Å²) in [5, 5.41) is 5.97. The monoisotopic (exact) mass is 371 g/mol. The fraction of sp³-hybridized carbons (Fsp3) is 0.174. The van der Waals surface area contributed by atoms with Gasteiger partial charge in [-0.15, -0.1) is 0 Å². The molecule has 0 aliphatic carbocycles. The molecule has 0 saturated carbocycles. The lowest BCUT2D eigenvalue weighted by molar-refractivity contribution is -0.119. The van der Waals surface area contributed by atoms with Crippen LogP contribution in [-0.2, 0) is 4.79 Å². The maximum atomic E-state index is 12.7. The number of hydrazone groups is 1. The van der Waals surface area contributed by atoms with Gasteiger partial charge in [0.1, 0.15) is 6.54 Å². The minimum absolute atomic E-state index is 0.0735. The number of carbonyl (C=O) groups excluding carboxylic acids is 2. The first-order valence-electron chi connectivity index (χ1n) is 9.19. The Labute approximate surface area is 163 Å². The number of hydrogen-bond donors (Lipinski definition) is 1. The SMILES string of the molecule is Cc1ccc(/C=N/NC(=O)CN2C(=O)c3cccc4cccc2c34)c(C)c1C. The summed E-state index contributed by atoms with van der Waals surface area (Å²) in [5.41, 5.74) is 8.46. The number of benzene rings is 3. The fourth-order valence-corrected chi connectivity index (χ4v) is 3.61. The van der Waals surface area contributed by atoms with Gasteiger partial charge in [0.25, 0.3) is 11.8 Å². The molecule has 5 nitrogen and oxygen atoms in total. The quantitative estimate of drug-likeness (QED) is 0.559. The summed E-state index contributed by atoms with van der Waals surface area (Å²) in [6.07, 6.45) is 1.64. The van der Waals surface area contributed by atoms with Gasteiger partial charge in [-0.05, 0) is 60.5 Å². The molecular formula is C23H21N3O2. The van der Waals surface area contributed by atoms with E-state index in [1.807, 2.05) is 49.4 Å². The zero-order valence-corrected chi connectivity index (χ0v) is 16.1. The van der Waals surface area contributed by atoms with Crippen LogP contribution >= 0.6 is 0 Å². The molecule has 0 fully saturated rings. The van der Waals surface area contributed by atoms with E-state index in [2.05, 4.69) is 24.4 Å². The normalized spacial score (nSPS) is 13.0. The van der Waals surface area contributed by atoms with E-state index in [1.54, 1.807) is 12.3 Å². The van der Waals surface area contributed by atoms with Crippen LogP contribution < -0.4 is 10.3 Å². The Kier molecular flexibility index (Phi) is 4.43. The molecule has 3 aromatic rings. The summed E-state index contributed by atoms with van der Waals surface area (Å²) in [7, 11) is 0. The van der Waals surface area contributed by atoms with E-state index < -0.39 is 0 Å². The molecule has 4 rings (SSSR count). The first kappa shape index (κ1) is 17.9. The zero-order valence-electron chi connectivity index (χ0n) is 16.1. The van der Waals surface area contributed by atoms with Crippen molar-refractivity contribution in [2.75, 3.05) is 11.4 Å². The Hall–Kier alpha value is -3.47. The van der Waals surface area contributed by atoms with E-state index in [4.69, 9.17) is 0 Å². The van der Waals surface area contributed by atoms with Crippen molar-refractivity contribution in [2.45, 2.75) is 20.8 Å². The van der Waals surface area contributed by atoms with Crippen molar-refractivity contribution >= 4 is 34.5 Å². The fourth-order valence-electron chi connectivity index (χ4n) is 3.61. The predicted molar refractivity (Wildman–Crippen MR) is 112 cm³/mol. The van der Waals surface area contributed by atoms with Crippen molar-refractivity contribution in [3.05, 3.63) is 76.3 Å². The van der Waals surface area contributed by atoms with Crippen LogP contribution in [0.4, 0.5) is 5.69 Å². The summed E-state index contributed by atoms with van der Waals surface area (Å²) >= 11 is 0. The summed E-state index contributed by atoms with van der Waals surface area (Å²) in [6.45, 7) is 6.09. The van der Waals surface area contributed by atoms with Gasteiger partial charge in [0.2, 0.25) is 0 Å². The van der Waals surface area contributed by atoms with Gasteiger partial charge in [0.15, 0.2) is 0 Å². The molecule has 3 aromatic carbocycles. The van der Waals surface area contributed by atoms with Crippen molar-refractivity contribution in [3.8, 4) is 0 Å². The zero-order chi connectivity index (χ0) is 19.8. The number of nitrogens with one attached hydrogen (secondary N) is 1. The number of rotatable bonds is 4. The lowest BCUT2D eigenvalue weighted by Gasteiger charge is -2.16. The maximum Gasteiger partial charge on any atom is 0.260 e. The molecule has 0 radical (unpaired) electrons. The second-order valence-corrected chi connectivity index (χ2v) is 7.09. The molecule has 1 aliphatic heterocycles. The molecule has 1 heterocycles. The Morgan fingerprint density at radius 2 is 1.79 bits per heavy atom. The summed E-state index contributed by atoms with van der Waals surface area (Å²) in [6, 6.07) is 15.4. The smallest absolute Gasteiger partial charge is 0.260 e. The van der Waals surface area contributed by atoms with Crippen molar-refractivity contribution in [1.29, 1.82) is 0 Å². The minimum atomic E-state index is -0.337.